The van der Waals surface area contributed by atoms with E-state index in [1.807, 2.05) is 20.8 Å². The number of hydrogen-bond acceptors (Lipinski definition) is 1. The summed E-state index contributed by atoms with van der Waals surface area (Å²) in [6, 6.07) is 0. The molecule has 0 bridgehead atoms. The van der Waals surface area contributed by atoms with Gasteiger partial charge in [-0.15, -0.1) is 11.6 Å². The number of alkyl halides is 1. The molecule has 0 aromatic heterocycles. The largest absolute Gasteiger partial charge is 0.234 e. The highest BCUT2D eigenvalue weighted by molar-refractivity contribution is 7.85. The Labute approximate surface area is 88.4 Å². The van der Waals surface area contributed by atoms with Gasteiger partial charge in [0, 0.05) is 12.1 Å². The van der Waals surface area contributed by atoms with Crippen molar-refractivity contribution in [1.29, 1.82) is 0 Å². The molecule has 0 fully saturated rings. The highest BCUT2D eigenvalue weighted by Crippen LogP contribution is 2.11. The molecule has 78 valence electrons. The molecule has 0 heterocycles. The number of halogens is 1. The summed E-state index contributed by atoms with van der Waals surface area (Å²) in [6.45, 7) is 5.75. The maximum atomic E-state index is 11.4. The van der Waals surface area contributed by atoms with Gasteiger partial charge < -0.3 is 0 Å². The summed E-state index contributed by atoms with van der Waals surface area (Å²) < 4.78 is 15.1. The molecule has 13 heavy (non-hydrogen) atoms. The Balaban J connectivity index is 3.67. The van der Waals surface area contributed by atoms with Crippen LogP contribution >= 0.6 is 11.6 Å². The molecule has 0 radical (unpaired) electrons. The number of rotatable bonds is 5. The van der Waals surface area contributed by atoms with Gasteiger partial charge in [-0.2, -0.15) is 4.40 Å². The minimum absolute atomic E-state index is 0.247. The van der Waals surface area contributed by atoms with Crippen molar-refractivity contribution in [3.8, 4) is 0 Å². The lowest BCUT2D eigenvalue weighted by molar-refractivity contribution is 0.650. The molecule has 0 aliphatic rings. The van der Waals surface area contributed by atoms with Crippen LogP contribution in [0.15, 0.2) is 4.40 Å². The molecule has 0 aromatic carbocycles. The first-order valence-corrected chi connectivity index (χ1v) is 6.13. The summed E-state index contributed by atoms with van der Waals surface area (Å²) >= 11 is 5.51. The Kier molecular flexibility index (Phi) is 6.60. The molecule has 4 heteroatoms. The van der Waals surface area contributed by atoms with E-state index in [0.29, 0.717) is 5.88 Å². The van der Waals surface area contributed by atoms with Crippen LogP contribution in [-0.2, 0) is 11.0 Å². The lowest BCUT2D eigenvalue weighted by atomic mass is 10.3. The Bertz CT molecular complexity index is 187. The van der Waals surface area contributed by atoms with E-state index < -0.39 is 11.0 Å². The summed E-state index contributed by atoms with van der Waals surface area (Å²) in [5.74, 6) is 0.691. The average Bonchev–Trinajstić information content (AvgIpc) is 2.02. The van der Waals surface area contributed by atoms with Crippen LogP contribution in [0, 0.1) is 0 Å². The van der Waals surface area contributed by atoms with Gasteiger partial charge in [-0.05, 0) is 40.0 Å². The van der Waals surface area contributed by atoms with Crippen molar-refractivity contribution in [2.24, 2.45) is 4.40 Å². The zero-order chi connectivity index (χ0) is 10.3. The summed E-state index contributed by atoms with van der Waals surface area (Å²) in [7, 11) is -1.11. The van der Waals surface area contributed by atoms with E-state index in [2.05, 4.69) is 4.40 Å². The molecule has 0 N–H and O–H groups in total. The molecule has 0 spiro atoms. The lowest BCUT2D eigenvalue weighted by Gasteiger charge is -2.12. The van der Waals surface area contributed by atoms with Crippen molar-refractivity contribution < 1.29 is 4.21 Å². The smallest absolute Gasteiger partial charge is 0.144 e. The van der Waals surface area contributed by atoms with Gasteiger partial charge in [0.1, 0.15) is 11.0 Å². The lowest BCUT2D eigenvalue weighted by Crippen LogP contribution is -2.19. The Morgan fingerprint density at radius 3 is 2.46 bits per heavy atom. The second kappa shape index (κ2) is 6.55. The van der Waals surface area contributed by atoms with Crippen LogP contribution < -0.4 is 0 Å². The first kappa shape index (κ1) is 13.1. The van der Waals surface area contributed by atoms with Gasteiger partial charge in [-0.25, -0.2) is 4.21 Å². The van der Waals surface area contributed by atoms with E-state index >= 15 is 0 Å². The fraction of sp³-hybridized carbons (Fsp3) is 0.889. The summed E-state index contributed by atoms with van der Waals surface area (Å²) in [5, 5.41) is 0. The van der Waals surface area contributed by atoms with Crippen LogP contribution in [0.4, 0.5) is 0 Å². The molecule has 0 aliphatic heterocycles. The van der Waals surface area contributed by atoms with E-state index in [1.54, 1.807) is 6.21 Å². The van der Waals surface area contributed by atoms with Gasteiger partial charge >= 0.3 is 0 Å². The van der Waals surface area contributed by atoms with Crippen LogP contribution in [0.3, 0.4) is 0 Å². The van der Waals surface area contributed by atoms with Gasteiger partial charge in [0.15, 0.2) is 0 Å². The SMILES string of the molecule is CC(C)(C)S(=O)/N=C/CCCCCl. The normalized spacial score (nSPS) is 15.1. The predicted octanol–water partition coefficient (Wildman–Crippen LogP) is 2.93. The Morgan fingerprint density at radius 2 is 2.00 bits per heavy atom. The van der Waals surface area contributed by atoms with Crippen LogP contribution in [0.25, 0.3) is 0 Å². The Morgan fingerprint density at radius 1 is 1.38 bits per heavy atom. The molecule has 0 saturated carbocycles. The van der Waals surface area contributed by atoms with Crippen molar-refractivity contribution in [2.45, 2.75) is 44.8 Å². The summed E-state index contributed by atoms with van der Waals surface area (Å²) in [5.41, 5.74) is 0. The third-order valence-electron chi connectivity index (χ3n) is 1.41. The highest BCUT2D eigenvalue weighted by atomic mass is 35.5. The predicted molar refractivity (Wildman–Crippen MR) is 61.0 cm³/mol. The third-order valence-corrected chi connectivity index (χ3v) is 3.07. The number of hydrogen-bond donors (Lipinski definition) is 0. The van der Waals surface area contributed by atoms with E-state index in [9.17, 15) is 4.21 Å². The van der Waals surface area contributed by atoms with E-state index in [-0.39, 0.29) is 4.75 Å². The maximum Gasteiger partial charge on any atom is 0.144 e. The molecule has 0 amide bonds. The van der Waals surface area contributed by atoms with Crippen LogP contribution in [0.1, 0.15) is 40.0 Å². The third kappa shape index (κ3) is 7.20. The fourth-order valence-corrected chi connectivity index (χ4v) is 1.35. The molecule has 2 nitrogen and oxygen atoms in total. The second-order valence-electron chi connectivity index (χ2n) is 3.83. The molecular weight excluding hydrogens is 206 g/mol. The number of nitrogens with zero attached hydrogens (tertiary/aromatic N) is 1. The topological polar surface area (TPSA) is 29.4 Å². The molecule has 1 unspecified atom stereocenters. The average molecular weight is 224 g/mol. The van der Waals surface area contributed by atoms with Gasteiger partial charge in [0.2, 0.25) is 0 Å². The van der Waals surface area contributed by atoms with Gasteiger partial charge in [0.25, 0.3) is 0 Å². The van der Waals surface area contributed by atoms with Crippen LogP contribution in [0.2, 0.25) is 0 Å². The van der Waals surface area contributed by atoms with E-state index in [0.717, 1.165) is 19.3 Å². The molecule has 0 saturated heterocycles. The van der Waals surface area contributed by atoms with E-state index in [4.69, 9.17) is 11.6 Å². The van der Waals surface area contributed by atoms with Gasteiger partial charge in [-0.3, -0.25) is 0 Å². The molecule has 0 rings (SSSR count). The van der Waals surface area contributed by atoms with Crippen molar-refractivity contribution in [3.63, 3.8) is 0 Å². The molecule has 0 aliphatic carbocycles. The first-order valence-electron chi connectivity index (χ1n) is 4.49. The Hall–Kier alpha value is 0.110. The zero-order valence-corrected chi connectivity index (χ0v) is 10.1. The minimum atomic E-state index is -1.11. The minimum Gasteiger partial charge on any atom is -0.234 e. The van der Waals surface area contributed by atoms with Crippen LogP contribution in [-0.4, -0.2) is 21.1 Å². The summed E-state index contributed by atoms with van der Waals surface area (Å²) in [6.07, 6.45) is 4.63. The van der Waals surface area contributed by atoms with Crippen molar-refractivity contribution in [2.75, 3.05) is 5.88 Å². The van der Waals surface area contributed by atoms with Crippen molar-refractivity contribution in [3.05, 3.63) is 0 Å². The summed E-state index contributed by atoms with van der Waals surface area (Å²) in [4.78, 5) is 0. The zero-order valence-electron chi connectivity index (χ0n) is 8.55. The second-order valence-corrected chi connectivity index (χ2v) is 6.15. The highest BCUT2D eigenvalue weighted by Gasteiger charge is 2.17. The quantitative estimate of drug-likeness (QED) is 0.400. The maximum absolute atomic E-state index is 11.4. The molecular formula is C9H18ClNOS. The first-order chi connectivity index (χ1) is 5.98. The monoisotopic (exact) mass is 223 g/mol. The van der Waals surface area contributed by atoms with Gasteiger partial charge in [-0.1, -0.05) is 0 Å². The van der Waals surface area contributed by atoms with Gasteiger partial charge in [0.05, 0.1) is 4.75 Å². The standard InChI is InChI=1S/C9H18ClNOS/c1-9(2,3)13(12)11-8-6-4-5-7-10/h8H,4-7H2,1-3H3/b11-8+. The number of unbranched alkanes of at least 4 members (excludes halogenated alkanes) is 2. The molecule has 0 aromatic rings. The van der Waals surface area contributed by atoms with E-state index in [1.165, 1.54) is 0 Å². The molecule has 1 atom stereocenters. The van der Waals surface area contributed by atoms with Crippen LogP contribution in [0.5, 0.6) is 0 Å². The fourth-order valence-electron chi connectivity index (χ4n) is 0.609. The van der Waals surface area contributed by atoms with Crippen molar-refractivity contribution >= 4 is 28.8 Å². The van der Waals surface area contributed by atoms with Crippen molar-refractivity contribution in [1.82, 2.24) is 0 Å².